The fourth-order valence-corrected chi connectivity index (χ4v) is 1.26. The smallest absolute Gasteiger partial charge is 0.259 e. The third-order valence-electron chi connectivity index (χ3n) is 2.05. The molecule has 5 heteroatoms. The van der Waals surface area contributed by atoms with Gasteiger partial charge in [0.15, 0.2) is 5.82 Å². The number of nitrogens with zero attached hydrogens (tertiary/aromatic N) is 1. The number of halogens is 1. The fourth-order valence-electron chi connectivity index (χ4n) is 1.26. The van der Waals surface area contributed by atoms with Crippen LogP contribution < -0.4 is 5.32 Å². The predicted octanol–water partition coefficient (Wildman–Crippen LogP) is 2.37. The molecule has 0 fully saturated rings. The molecule has 0 atom stereocenters. The van der Waals surface area contributed by atoms with E-state index in [9.17, 15) is 9.18 Å². The molecule has 0 spiro atoms. The lowest BCUT2D eigenvalue weighted by atomic mass is 10.1. The molecule has 82 valence electrons. The molecule has 0 aliphatic rings. The lowest BCUT2D eigenvalue weighted by Gasteiger charge is -2.03. The molecule has 16 heavy (non-hydrogen) atoms. The van der Waals surface area contributed by atoms with E-state index in [4.69, 9.17) is 0 Å². The molecule has 1 heterocycles. The number of carbonyl (C=O) groups is 1. The van der Waals surface area contributed by atoms with Crippen LogP contribution in [0.2, 0.25) is 0 Å². The maximum absolute atomic E-state index is 13.4. The van der Waals surface area contributed by atoms with Crippen molar-refractivity contribution in [1.29, 1.82) is 0 Å². The van der Waals surface area contributed by atoms with E-state index in [1.54, 1.807) is 13.0 Å². The van der Waals surface area contributed by atoms with Crippen molar-refractivity contribution in [2.75, 3.05) is 5.32 Å². The average Bonchev–Trinajstić information content (AvgIpc) is 2.70. The van der Waals surface area contributed by atoms with Crippen LogP contribution in [0, 0.1) is 12.7 Å². The van der Waals surface area contributed by atoms with E-state index in [0.717, 1.165) is 5.56 Å². The SMILES string of the molecule is Cc1ccc(C(=O)Nc2ccon2)c(F)c1. The Hall–Kier alpha value is -2.17. The Bertz CT molecular complexity index is 509. The number of anilines is 1. The van der Waals surface area contributed by atoms with Gasteiger partial charge >= 0.3 is 0 Å². The Balaban J connectivity index is 2.21. The summed E-state index contributed by atoms with van der Waals surface area (Å²) >= 11 is 0. The van der Waals surface area contributed by atoms with Gasteiger partial charge in [0, 0.05) is 6.07 Å². The maximum atomic E-state index is 13.4. The monoisotopic (exact) mass is 220 g/mol. The second-order valence-electron chi connectivity index (χ2n) is 3.32. The molecule has 1 N–H and O–H groups in total. The number of rotatable bonds is 2. The van der Waals surface area contributed by atoms with Gasteiger partial charge < -0.3 is 9.84 Å². The number of aromatic nitrogens is 1. The highest BCUT2D eigenvalue weighted by Crippen LogP contribution is 2.12. The molecule has 0 radical (unpaired) electrons. The maximum Gasteiger partial charge on any atom is 0.259 e. The molecule has 0 saturated heterocycles. The third kappa shape index (κ3) is 2.08. The average molecular weight is 220 g/mol. The number of amides is 1. The van der Waals surface area contributed by atoms with Crippen LogP contribution in [0.5, 0.6) is 0 Å². The first-order chi connectivity index (χ1) is 7.66. The van der Waals surface area contributed by atoms with Crippen molar-refractivity contribution < 1.29 is 13.7 Å². The standard InChI is InChI=1S/C11H9FN2O2/c1-7-2-3-8(9(12)6-7)11(15)13-10-4-5-16-14-10/h2-6H,1H3,(H,13,14,15). The lowest BCUT2D eigenvalue weighted by molar-refractivity contribution is 0.102. The zero-order chi connectivity index (χ0) is 11.5. The van der Waals surface area contributed by atoms with Crippen molar-refractivity contribution in [3.05, 3.63) is 47.5 Å². The minimum absolute atomic E-state index is 0.0198. The highest BCUT2D eigenvalue weighted by Gasteiger charge is 2.12. The molecule has 4 nitrogen and oxygen atoms in total. The third-order valence-corrected chi connectivity index (χ3v) is 2.05. The molecule has 0 saturated carbocycles. The minimum atomic E-state index is -0.555. The van der Waals surface area contributed by atoms with Gasteiger partial charge in [-0.05, 0) is 24.6 Å². The number of benzene rings is 1. The van der Waals surface area contributed by atoms with E-state index in [1.165, 1.54) is 24.5 Å². The van der Waals surface area contributed by atoms with E-state index in [1.807, 2.05) is 0 Å². The fraction of sp³-hybridized carbons (Fsp3) is 0.0909. The van der Waals surface area contributed by atoms with Gasteiger partial charge in [0.05, 0.1) is 5.56 Å². The summed E-state index contributed by atoms with van der Waals surface area (Å²) in [6, 6.07) is 5.88. The number of hydrogen-bond acceptors (Lipinski definition) is 3. The van der Waals surface area contributed by atoms with Crippen LogP contribution >= 0.6 is 0 Å². The Morgan fingerprint density at radius 3 is 2.88 bits per heavy atom. The van der Waals surface area contributed by atoms with Gasteiger partial charge in [-0.3, -0.25) is 4.79 Å². The Morgan fingerprint density at radius 1 is 1.44 bits per heavy atom. The van der Waals surface area contributed by atoms with E-state index in [0.29, 0.717) is 0 Å². The number of nitrogens with one attached hydrogen (secondary N) is 1. The summed E-state index contributed by atoms with van der Waals surface area (Å²) in [5.74, 6) is -0.850. The van der Waals surface area contributed by atoms with Gasteiger partial charge in [-0.1, -0.05) is 11.2 Å². The zero-order valence-corrected chi connectivity index (χ0v) is 8.53. The summed E-state index contributed by atoms with van der Waals surface area (Å²) in [6.45, 7) is 1.75. The number of carbonyl (C=O) groups excluding carboxylic acids is 1. The Morgan fingerprint density at radius 2 is 2.25 bits per heavy atom. The van der Waals surface area contributed by atoms with Crippen LogP contribution in [0.4, 0.5) is 10.2 Å². The van der Waals surface area contributed by atoms with E-state index < -0.39 is 11.7 Å². The first-order valence-corrected chi connectivity index (χ1v) is 4.65. The molecule has 1 amide bonds. The van der Waals surface area contributed by atoms with Crippen molar-refractivity contribution in [3.63, 3.8) is 0 Å². The zero-order valence-electron chi connectivity index (χ0n) is 8.53. The summed E-state index contributed by atoms with van der Waals surface area (Å²) in [7, 11) is 0. The number of hydrogen-bond donors (Lipinski definition) is 1. The molecule has 0 aliphatic carbocycles. The van der Waals surface area contributed by atoms with Crippen LogP contribution in [0.1, 0.15) is 15.9 Å². The first kappa shape index (κ1) is 10.4. The second-order valence-corrected chi connectivity index (χ2v) is 3.32. The summed E-state index contributed by atoms with van der Waals surface area (Å²) in [5.41, 5.74) is 0.740. The van der Waals surface area contributed by atoms with Crippen LogP contribution in [-0.4, -0.2) is 11.1 Å². The molecule has 1 aromatic carbocycles. The van der Waals surface area contributed by atoms with Crippen molar-refractivity contribution >= 4 is 11.7 Å². The molecule has 0 unspecified atom stereocenters. The van der Waals surface area contributed by atoms with Gasteiger partial charge in [0.25, 0.3) is 5.91 Å². The molecular weight excluding hydrogens is 211 g/mol. The molecule has 0 aliphatic heterocycles. The van der Waals surface area contributed by atoms with Gasteiger partial charge in [-0.2, -0.15) is 0 Å². The molecule has 2 rings (SSSR count). The van der Waals surface area contributed by atoms with Crippen molar-refractivity contribution in [3.8, 4) is 0 Å². The second kappa shape index (κ2) is 4.14. The van der Waals surface area contributed by atoms with Crippen molar-refractivity contribution in [2.24, 2.45) is 0 Å². The molecule has 2 aromatic rings. The summed E-state index contributed by atoms with van der Waals surface area (Å²) < 4.78 is 18.0. The number of aryl methyl sites for hydroxylation is 1. The van der Waals surface area contributed by atoms with Crippen molar-refractivity contribution in [1.82, 2.24) is 5.16 Å². The first-order valence-electron chi connectivity index (χ1n) is 4.65. The quantitative estimate of drug-likeness (QED) is 0.845. The topological polar surface area (TPSA) is 55.1 Å². The van der Waals surface area contributed by atoms with Crippen LogP contribution in [0.15, 0.2) is 35.1 Å². The Labute approximate surface area is 91.1 Å². The summed E-state index contributed by atoms with van der Waals surface area (Å²) in [6.07, 6.45) is 1.32. The molecular formula is C11H9FN2O2. The van der Waals surface area contributed by atoms with E-state index in [-0.39, 0.29) is 11.4 Å². The molecule has 0 bridgehead atoms. The normalized spacial score (nSPS) is 10.1. The van der Waals surface area contributed by atoms with E-state index >= 15 is 0 Å². The largest absolute Gasteiger partial charge is 0.363 e. The van der Waals surface area contributed by atoms with Crippen molar-refractivity contribution in [2.45, 2.75) is 6.92 Å². The highest BCUT2D eigenvalue weighted by molar-refractivity contribution is 6.03. The van der Waals surface area contributed by atoms with Gasteiger partial charge in [-0.25, -0.2) is 4.39 Å². The van der Waals surface area contributed by atoms with Gasteiger partial charge in [0.1, 0.15) is 12.1 Å². The van der Waals surface area contributed by atoms with Crippen LogP contribution in [0.3, 0.4) is 0 Å². The lowest BCUT2D eigenvalue weighted by Crippen LogP contribution is -2.13. The molecule has 1 aromatic heterocycles. The van der Waals surface area contributed by atoms with E-state index in [2.05, 4.69) is 15.0 Å². The summed E-state index contributed by atoms with van der Waals surface area (Å²) in [4.78, 5) is 11.6. The van der Waals surface area contributed by atoms with Gasteiger partial charge in [-0.15, -0.1) is 0 Å². The predicted molar refractivity (Wildman–Crippen MR) is 55.6 cm³/mol. The van der Waals surface area contributed by atoms with Crippen LogP contribution in [0.25, 0.3) is 0 Å². The minimum Gasteiger partial charge on any atom is -0.363 e. The van der Waals surface area contributed by atoms with Crippen LogP contribution in [-0.2, 0) is 0 Å². The Kier molecular flexibility index (Phi) is 2.68. The van der Waals surface area contributed by atoms with Gasteiger partial charge in [0.2, 0.25) is 0 Å². The summed E-state index contributed by atoms with van der Waals surface area (Å²) in [5, 5.41) is 5.91. The highest BCUT2D eigenvalue weighted by atomic mass is 19.1.